The minimum Gasteiger partial charge on any atom is -0.350 e. The number of hydrogen-bond acceptors (Lipinski definition) is 3. The van der Waals surface area contributed by atoms with E-state index in [0.29, 0.717) is 11.1 Å². The molecule has 5 aromatic rings. The topological polar surface area (TPSA) is 45.4 Å². The van der Waals surface area contributed by atoms with Crippen LogP contribution in [0.15, 0.2) is 85.2 Å². The van der Waals surface area contributed by atoms with Gasteiger partial charge in [0.1, 0.15) is 5.82 Å². The first kappa shape index (κ1) is 22.6. The molecule has 0 saturated heterocycles. The average molecular weight is 476 g/mol. The Kier molecular flexibility index (Phi) is 5.48. The van der Waals surface area contributed by atoms with Crippen molar-refractivity contribution in [3.63, 3.8) is 0 Å². The third kappa shape index (κ3) is 2.96. The lowest BCUT2D eigenvalue weighted by atomic mass is 9.83. The minimum absolute atomic E-state index is 0.231. The Morgan fingerprint density at radius 2 is 1.15 bits per heavy atom. The van der Waals surface area contributed by atoms with Crippen LogP contribution in [0.1, 0.15) is 16.7 Å². The highest BCUT2D eigenvalue weighted by Crippen LogP contribution is 2.71. The molecule has 0 amide bonds. The Labute approximate surface area is 197 Å². The van der Waals surface area contributed by atoms with Gasteiger partial charge in [-0.3, -0.25) is 4.57 Å². The Hall–Kier alpha value is -3.18. The summed E-state index contributed by atoms with van der Waals surface area (Å²) < 4.78 is 46.0. The van der Waals surface area contributed by atoms with E-state index in [0.717, 1.165) is 21.8 Å². The van der Waals surface area contributed by atoms with Crippen LogP contribution in [0.5, 0.6) is 0 Å². The first-order valence-electron chi connectivity index (χ1n) is 10.9. The Morgan fingerprint density at radius 1 is 0.706 bits per heavy atom. The summed E-state index contributed by atoms with van der Waals surface area (Å²) in [7, 11) is 2.50. The van der Waals surface area contributed by atoms with Gasteiger partial charge in [-0.2, -0.15) is 0 Å². The van der Waals surface area contributed by atoms with Crippen molar-refractivity contribution in [1.82, 2.24) is 9.13 Å². The van der Waals surface area contributed by atoms with E-state index in [1.165, 1.54) is 20.3 Å². The number of fused-ring (bicyclic) bond motifs is 2. The normalized spacial score (nSPS) is 12.6. The SMILES string of the molecule is COP(=O)(OC)C(c1ccccc1F)(c1cn(C)c2ccccc12)c1cn(C)c2ccccc12. The predicted octanol–water partition coefficient (Wildman–Crippen LogP) is 6.59. The molecule has 0 radical (unpaired) electrons. The van der Waals surface area contributed by atoms with Crippen LogP contribution in [0, 0.1) is 5.82 Å². The molecular formula is C27H26FN2O3P. The molecule has 7 heteroatoms. The molecule has 5 nitrogen and oxygen atoms in total. The molecule has 34 heavy (non-hydrogen) atoms. The van der Waals surface area contributed by atoms with E-state index >= 15 is 4.39 Å². The van der Waals surface area contributed by atoms with Gasteiger partial charge in [0.25, 0.3) is 0 Å². The molecule has 0 N–H and O–H groups in total. The second-order valence-corrected chi connectivity index (χ2v) is 10.8. The molecular weight excluding hydrogens is 450 g/mol. The van der Waals surface area contributed by atoms with Crippen LogP contribution < -0.4 is 0 Å². The standard InChI is InChI=1S/C27H26FN2O3P/c1-29-17-22(19-11-5-9-15-25(19)29)27(34(31,32-3)33-4,21-13-7-8-14-24(21)28)23-18-30(2)26-16-10-6-12-20(23)26/h5-18H,1-4H3. The number of benzene rings is 3. The zero-order chi connectivity index (χ0) is 24.1. The molecule has 0 aliphatic rings. The summed E-state index contributed by atoms with van der Waals surface area (Å²) in [6.07, 6.45) is 3.81. The lowest BCUT2D eigenvalue weighted by Gasteiger charge is -2.38. The van der Waals surface area contributed by atoms with Gasteiger partial charge in [0.2, 0.25) is 0 Å². The molecule has 0 aliphatic heterocycles. The van der Waals surface area contributed by atoms with E-state index in [9.17, 15) is 4.57 Å². The van der Waals surface area contributed by atoms with Crippen molar-refractivity contribution in [2.24, 2.45) is 14.1 Å². The third-order valence-corrected chi connectivity index (χ3v) is 9.23. The van der Waals surface area contributed by atoms with E-state index in [1.807, 2.05) is 84.2 Å². The predicted molar refractivity (Wildman–Crippen MR) is 134 cm³/mol. The number of para-hydroxylation sites is 2. The number of rotatable bonds is 6. The molecule has 0 spiro atoms. The monoisotopic (exact) mass is 476 g/mol. The lowest BCUT2D eigenvalue weighted by molar-refractivity contribution is 0.258. The summed E-state index contributed by atoms with van der Waals surface area (Å²) in [5.74, 6) is -0.488. The van der Waals surface area contributed by atoms with E-state index < -0.39 is 18.6 Å². The number of hydrogen-bond donors (Lipinski definition) is 0. The van der Waals surface area contributed by atoms with Gasteiger partial charge in [-0.25, -0.2) is 4.39 Å². The quantitative estimate of drug-likeness (QED) is 0.260. The highest BCUT2D eigenvalue weighted by Gasteiger charge is 2.58. The summed E-state index contributed by atoms with van der Waals surface area (Å²) in [5, 5.41) is 0.106. The second-order valence-electron chi connectivity index (χ2n) is 8.39. The molecule has 0 saturated carbocycles. The molecule has 0 bridgehead atoms. The van der Waals surface area contributed by atoms with Gasteiger partial charge in [-0.15, -0.1) is 0 Å². The Bertz CT molecular complexity index is 1480. The summed E-state index contributed by atoms with van der Waals surface area (Å²) in [6.45, 7) is 0. The van der Waals surface area contributed by atoms with Gasteiger partial charge in [0.15, 0.2) is 5.16 Å². The van der Waals surface area contributed by atoms with Crippen LogP contribution in [-0.4, -0.2) is 23.4 Å². The minimum atomic E-state index is -4.06. The van der Waals surface area contributed by atoms with Gasteiger partial charge < -0.3 is 18.2 Å². The van der Waals surface area contributed by atoms with Crippen molar-refractivity contribution >= 4 is 29.4 Å². The van der Waals surface area contributed by atoms with Crippen molar-refractivity contribution in [2.75, 3.05) is 14.2 Å². The lowest BCUT2D eigenvalue weighted by Crippen LogP contribution is -2.32. The number of aromatic nitrogens is 2. The fourth-order valence-corrected chi connectivity index (χ4v) is 7.36. The van der Waals surface area contributed by atoms with Crippen molar-refractivity contribution < 1.29 is 18.0 Å². The zero-order valence-corrected chi connectivity index (χ0v) is 20.4. The van der Waals surface area contributed by atoms with Crippen LogP contribution in [0.4, 0.5) is 4.39 Å². The molecule has 0 atom stereocenters. The van der Waals surface area contributed by atoms with Gasteiger partial charge in [-0.1, -0.05) is 54.6 Å². The van der Waals surface area contributed by atoms with Gasteiger partial charge >= 0.3 is 7.60 Å². The van der Waals surface area contributed by atoms with Gasteiger partial charge in [-0.05, 0) is 18.2 Å². The molecule has 2 heterocycles. The van der Waals surface area contributed by atoms with Crippen molar-refractivity contribution in [2.45, 2.75) is 5.16 Å². The summed E-state index contributed by atoms with van der Waals surface area (Å²) in [5.41, 5.74) is 3.39. The first-order chi connectivity index (χ1) is 16.4. The summed E-state index contributed by atoms with van der Waals surface area (Å²) in [4.78, 5) is 0. The summed E-state index contributed by atoms with van der Waals surface area (Å²) in [6, 6.07) is 22.1. The number of nitrogens with zero attached hydrogens (tertiary/aromatic N) is 2. The number of halogens is 1. The fourth-order valence-electron chi connectivity index (χ4n) is 5.24. The molecule has 0 aliphatic carbocycles. The highest BCUT2D eigenvalue weighted by molar-refractivity contribution is 7.55. The summed E-state index contributed by atoms with van der Waals surface area (Å²) >= 11 is 0. The molecule has 174 valence electrons. The van der Waals surface area contributed by atoms with Crippen LogP contribution >= 0.6 is 7.60 Å². The van der Waals surface area contributed by atoms with Crippen LogP contribution in [0.2, 0.25) is 0 Å². The molecule has 0 fully saturated rings. The van der Waals surface area contributed by atoms with Crippen molar-refractivity contribution in [3.8, 4) is 0 Å². The largest absolute Gasteiger partial charge is 0.350 e. The second kappa shape index (κ2) is 8.24. The van der Waals surface area contributed by atoms with E-state index in [4.69, 9.17) is 9.05 Å². The van der Waals surface area contributed by atoms with Crippen LogP contribution in [-0.2, 0) is 32.9 Å². The van der Waals surface area contributed by atoms with E-state index in [2.05, 4.69) is 0 Å². The van der Waals surface area contributed by atoms with Crippen LogP contribution in [0.25, 0.3) is 21.8 Å². The maximum Gasteiger partial charge on any atom is 0.349 e. The maximum atomic E-state index is 15.8. The molecule has 0 unspecified atom stereocenters. The fraction of sp³-hybridized carbons (Fsp3) is 0.185. The van der Waals surface area contributed by atoms with E-state index in [-0.39, 0.29) is 5.56 Å². The zero-order valence-electron chi connectivity index (χ0n) is 19.5. The van der Waals surface area contributed by atoms with Crippen LogP contribution in [0.3, 0.4) is 0 Å². The maximum absolute atomic E-state index is 15.8. The van der Waals surface area contributed by atoms with Crippen molar-refractivity contribution in [1.29, 1.82) is 0 Å². The van der Waals surface area contributed by atoms with E-state index in [1.54, 1.807) is 18.2 Å². The van der Waals surface area contributed by atoms with Crippen molar-refractivity contribution in [3.05, 3.63) is 108 Å². The molecule has 5 rings (SSSR count). The molecule has 3 aromatic carbocycles. The third-order valence-electron chi connectivity index (χ3n) is 6.73. The Balaban J connectivity index is 2.09. The first-order valence-corrected chi connectivity index (χ1v) is 12.5. The average Bonchev–Trinajstić information content (AvgIpc) is 3.38. The Morgan fingerprint density at radius 3 is 1.62 bits per heavy atom. The molecule has 2 aromatic heterocycles. The highest BCUT2D eigenvalue weighted by atomic mass is 31.2. The smallest absolute Gasteiger partial charge is 0.349 e. The van der Waals surface area contributed by atoms with Gasteiger partial charge in [0.05, 0.1) is 0 Å². The number of aryl methyl sites for hydroxylation is 2. The van der Waals surface area contributed by atoms with Gasteiger partial charge in [0, 0.05) is 79.2 Å².